The molecule has 0 spiro atoms. The maximum atomic E-state index is 12.1. The molecule has 2 N–H and O–H groups in total. The Morgan fingerprint density at radius 2 is 2.03 bits per heavy atom. The first-order valence-electron chi connectivity index (χ1n) is 10.8. The van der Waals surface area contributed by atoms with Crippen molar-refractivity contribution in [1.29, 1.82) is 0 Å². The number of carbonyl (C=O) groups is 1. The fourth-order valence-corrected chi connectivity index (χ4v) is 3.98. The number of ether oxygens (including phenoxy) is 1. The summed E-state index contributed by atoms with van der Waals surface area (Å²) in [7, 11) is 0. The molecule has 0 radical (unpaired) electrons. The van der Waals surface area contributed by atoms with Crippen LogP contribution in [-0.4, -0.2) is 43.7 Å². The maximum Gasteiger partial charge on any atom is 0.319 e. The van der Waals surface area contributed by atoms with Gasteiger partial charge in [0.15, 0.2) is 0 Å². The largest absolute Gasteiger partial charge is 0.494 e. The van der Waals surface area contributed by atoms with Crippen molar-refractivity contribution in [2.45, 2.75) is 32.6 Å². The number of likely N-dealkylation sites (tertiary alicyclic amines) is 1. The molecule has 0 bridgehead atoms. The van der Waals surface area contributed by atoms with E-state index in [1.165, 1.54) is 31.4 Å². The molecule has 156 valence electrons. The van der Waals surface area contributed by atoms with Gasteiger partial charge in [-0.15, -0.1) is 0 Å². The Morgan fingerprint density at radius 1 is 1.17 bits per heavy atom. The fourth-order valence-electron chi connectivity index (χ4n) is 3.98. The summed E-state index contributed by atoms with van der Waals surface area (Å²) < 4.78 is 5.46. The van der Waals surface area contributed by atoms with Gasteiger partial charge in [0.05, 0.1) is 6.61 Å². The van der Waals surface area contributed by atoms with E-state index >= 15 is 0 Å². The molecule has 0 saturated carbocycles. The Labute approximate surface area is 174 Å². The van der Waals surface area contributed by atoms with Crippen molar-refractivity contribution < 1.29 is 9.53 Å². The van der Waals surface area contributed by atoms with E-state index < -0.39 is 0 Å². The Kier molecular flexibility index (Phi) is 8.38. The second-order valence-corrected chi connectivity index (χ2v) is 7.69. The highest BCUT2D eigenvalue weighted by atomic mass is 16.5. The molecule has 2 amide bonds. The molecular formula is C24H33N3O2. The van der Waals surface area contributed by atoms with Crippen molar-refractivity contribution in [2.24, 2.45) is 5.92 Å². The molecule has 1 saturated heterocycles. The lowest BCUT2D eigenvalue weighted by Gasteiger charge is -2.32. The van der Waals surface area contributed by atoms with Crippen molar-refractivity contribution in [1.82, 2.24) is 10.2 Å². The van der Waals surface area contributed by atoms with Gasteiger partial charge in [-0.2, -0.15) is 0 Å². The monoisotopic (exact) mass is 395 g/mol. The molecule has 3 rings (SSSR count). The summed E-state index contributed by atoms with van der Waals surface area (Å²) in [6, 6.07) is 18.1. The van der Waals surface area contributed by atoms with Crippen LogP contribution in [0.1, 0.15) is 31.7 Å². The molecule has 1 aliphatic heterocycles. The highest BCUT2D eigenvalue weighted by molar-refractivity contribution is 5.89. The first-order valence-corrected chi connectivity index (χ1v) is 10.8. The minimum atomic E-state index is -0.167. The van der Waals surface area contributed by atoms with E-state index in [-0.39, 0.29) is 6.03 Å². The van der Waals surface area contributed by atoms with Gasteiger partial charge in [0, 0.05) is 24.8 Å². The van der Waals surface area contributed by atoms with Crippen LogP contribution in [0.2, 0.25) is 0 Å². The molecule has 2 aromatic carbocycles. The number of carbonyl (C=O) groups excluding carboxylic acids is 1. The second kappa shape index (κ2) is 11.5. The van der Waals surface area contributed by atoms with E-state index in [0.29, 0.717) is 13.2 Å². The van der Waals surface area contributed by atoms with E-state index in [0.717, 1.165) is 36.9 Å². The van der Waals surface area contributed by atoms with Gasteiger partial charge in [0.2, 0.25) is 0 Å². The van der Waals surface area contributed by atoms with Gasteiger partial charge < -0.3 is 20.3 Å². The molecule has 5 nitrogen and oxygen atoms in total. The molecule has 1 atom stereocenters. The van der Waals surface area contributed by atoms with E-state index in [2.05, 4.69) is 45.9 Å². The number of piperidine rings is 1. The number of benzene rings is 2. The van der Waals surface area contributed by atoms with E-state index in [1.54, 1.807) is 0 Å². The van der Waals surface area contributed by atoms with Gasteiger partial charge in [-0.3, -0.25) is 0 Å². The predicted octanol–water partition coefficient (Wildman–Crippen LogP) is 4.55. The Morgan fingerprint density at radius 3 is 2.86 bits per heavy atom. The SMILES string of the molecule is CCOc1cccc(NC(=O)NCCCN2CCCC(Cc3ccccc3)C2)c1. The number of hydrogen-bond acceptors (Lipinski definition) is 3. The Hall–Kier alpha value is -2.53. The average molecular weight is 396 g/mol. The molecule has 1 aliphatic rings. The van der Waals surface area contributed by atoms with Crippen LogP contribution < -0.4 is 15.4 Å². The normalized spacial score (nSPS) is 16.9. The summed E-state index contributed by atoms with van der Waals surface area (Å²) >= 11 is 0. The first kappa shape index (κ1) is 21.2. The second-order valence-electron chi connectivity index (χ2n) is 7.69. The van der Waals surface area contributed by atoms with Gasteiger partial charge in [-0.25, -0.2) is 4.79 Å². The smallest absolute Gasteiger partial charge is 0.319 e. The lowest BCUT2D eigenvalue weighted by Crippen LogP contribution is -2.38. The quantitative estimate of drug-likeness (QED) is 0.613. The Balaban J connectivity index is 1.33. The molecule has 1 unspecified atom stereocenters. The number of hydrogen-bond donors (Lipinski definition) is 2. The molecule has 1 fully saturated rings. The lowest BCUT2D eigenvalue weighted by molar-refractivity contribution is 0.172. The van der Waals surface area contributed by atoms with Crippen LogP contribution >= 0.6 is 0 Å². The molecule has 29 heavy (non-hydrogen) atoms. The summed E-state index contributed by atoms with van der Waals surface area (Å²) in [5, 5.41) is 5.83. The zero-order chi connectivity index (χ0) is 20.3. The highest BCUT2D eigenvalue weighted by Crippen LogP contribution is 2.21. The highest BCUT2D eigenvalue weighted by Gasteiger charge is 2.19. The third-order valence-corrected chi connectivity index (χ3v) is 5.31. The zero-order valence-corrected chi connectivity index (χ0v) is 17.4. The van der Waals surface area contributed by atoms with Gasteiger partial charge >= 0.3 is 6.03 Å². The van der Waals surface area contributed by atoms with Crippen molar-refractivity contribution in [2.75, 3.05) is 38.1 Å². The summed E-state index contributed by atoms with van der Waals surface area (Å²) in [5.41, 5.74) is 2.18. The van der Waals surface area contributed by atoms with Crippen molar-refractivity contribution in [3.8, 4) is 5.75 Å². The number of anilines is 1. The van der Waals surface area contributed by atoms with Crippen LogP contribution in [0.4, 0.5) is 10.5 Å². The van der Waals surface area contributed by atoms with Gasteiger partial charge in [-0.05, 0) is 69.3 Å². The zero-order valence-electron chi connectivity index (χ0n) is 17.4. The van der Waals surface area contributed by atoms with E-state index in [1.807, 2.05) is 31.2 Å². The van der Waals surface area contributed by atoms with E-state index in [4.69, 9.17) is 4.74 Å². The molecule has 0 aliphatic carbocycles. The molecule has 5 heteroatoms. The van der Waals surface area contributed by atoms with Crippen LogP contribution in [0.5, 0.6) is 5.75 Å². The molecule has 1 heterocycles. The number of nitrogens with zero attached hydrogens (tertiary/aromatic N) is 1. The van der Waals surface area contributed by atoms with Crippen molar-refractivity contribution >= 4 is 11.7 Å². The van der Waals surface area contributed by atoms with Crippen LogP contribution in [-0.2, 0) is 6.42 Å². The van der Waals surface area contributed by atoms with Gasteiger partial charge in [-0.1, -0.05) is 36.4 Å². The minimum absolute atomic E-state index is 0.167. The van der Waals surface area contributed by atoms with Crippen molar-refractivity contribution in [3.63, 3.8) is 0 Å². The maximum absolute atomic E-state index is 12.1. The minimum Gasteiger partial charge on any atom is -0.494 e. The average Bonchev–Trinajstić information content (AvgIpc) is 2.73. The standard InChI is InChI=1S/C24H33N3O2/c1-2-29-23-13-6-12-22(18-23)26-24(28)25-14-8-16-27-15-7-11-21(19-27)17-20-9-4-3-5-10-20/h3-6,9-10,12-13,18,21H,2,7-8,11,14-17,19H2,1H3,(H2,25,26,28). The summed E-state index contributed by atoms with van der Waals surface area (Å²) in [6.07, 6.45) is 4.71. The topological polar surface area (TPSA) is 53.6 Å². The number of amides is 2. The van der Waals surface area contributed by atoms with Crippen LogP contribution in [0.15, 0.2) is 54.6 Å². The van der Waals surface area contributed by atoms with Crippen molar-refractivity contribution in [3.05, 3.63) is 60.2 Å². The molecule has 0 aromatic heterocycles. The number of nitrogens with one attached hydrogen (secondary N) is 2. The van der Waals surface area contributed by atoms with E-state index in [9.17, 15) is 4.79 Å². The number of urea groups is 1. The predicted molar refractivity (Wildman–Crippen MR) is 119 cm³/mol. The third-order valence-electron chi connectivity index (χ3n) is 5.31. The fraction of sp³-hybridized carbons (Fsp3) is 0.458. The summed E-state index contributed by atoms with van der Waals surface area (Å²) in [6.45, 7) is 6.59. The summed E-state index contributed by atoms with van der Waals surface area (Å²) in [5.74, 6) is 1.50. The summed E-state index contributed by atoms with van der Waals surface area (Å²) in [4.78, 5) is 14.7. The number of rotatable bonds is 9. The third kappa shape index (κ3) is 7.42. The van der Waals surface area contributed by atoms with Crippen LogP contribution in [0.3, 0.4) is 0 Å². The van der Waals surface area contributed by atoms with Crippen LogP contribution in [0.25, 0.3) is 0 Å². The molecular weight excluding hydrogens is 362 g/mol. The molecule has 2 aromatic rings. The first-order chi connectivity index (χ1) is 14.2. The Bertz CT molecular complexity index is 751. The lowest BCUT2D eigenvalue weighted by atomic mass is 9.91. The van der Waals surface area contributed by atoms with Gasteiger partial charge in [0.1, 0.15) is 5.75 Å². The van der Waals surface area contributed by atoms with Gasteiger partial charge in [0.25, 0.3) is 0 Å². The van der Waals surface area contributed by atoms with Crippen LogP contribution in [0, 0.1) is 5.92 Å².